The highest BCUT2D eigenvalue weighted by Crippen LogP contribution is 2.24. The SMILES string of the molecule is Nn1c(Cc2cccc3ccccc23)nnc1SCC(=O)N1CCC(Cc2ccccc2)CC1. The Hall–Kier alpha value is -3.32. The number of aromatic nitrogens is 3. The number of hydrogen-bond donors (Lipinski definition) is 1. The summed E-state index contributed by atoms with van der Waals surface area (Å²) in [5, 5.41) is 11.5. The maximum atomic E-state index is 12.8. The van der Waals surface area contributed by atoms with Gasteiger partial charge in [0, 0.05) is 19.5 Å². The van der Waals surface area contributed by atoms with E-state index in [1.165, 1.54) is 32.8 Å². The fourth-order valence-electron chi connectivity index (χ4n) is 4.69. The largest absolute Gasteiger partial charge is 0.342 e. The predicted octanol–water partition coefficient (Wildman–Crippen LogP) is 4.31. The van der Waals surface area contributed by atoms with Crippen molar-refractivity contribution < 1.29 is 4.79 Å². The lowest BCUT2D eigenvalue weighted by Gasteiger charge is -2.32. The smallest absolute Gasteiger partial charge is 0.233 e. The molecule has 3 aromatic carbocycles. The highest BCUT2D eigenvalue weighted by molar-refractivity contribution is 7.99. The van der Waals surface area contributed by atoms with E-state index < -0.39 is 0 Å². The molecule has 0 saturated carbocycles. The van der Waals surface area contributed by atoms with Gasteiger partial charge in [0.25, 0.3) is 0 Å². The van der Waals surface area contributed by atoms with Crippen LogP contribution in [0.3, 0.4) is 0 Å². The number of fused-ring (bicyclic) bond motifs is 1. The first-order valence-electron chi connectivity index (χ1n) is 11.8. The molecule has 0 aliphatic carbocycles. The van der Waals surface area contributed by atoms with Crippen molar-refractivity contribution in [1.29, 1.82) is 0 Å². The van der Waals surface area contributed by atoms with Gasteiger partial charge in [-0.05, 0) is 47.1 Å². The minimum Gasteiger partial charge on any atom is -0.342 e. The van der Waals surface area contributed by atoms with Crippen LogP contribution in [0.25, 0.3) is 10.8 Å². The van der Waals surface area contributed by atoms with Gasteiger partial charge in [-0.1, -0.05) is 84.6 Å². The van der Waals surface area contributed by atoms with Crippen LogP contribution in [0.1, 0.15) is 29.8 Å². The molecule has 1 aliphatic rings. The average Bonchev–Trinajstić information content (AvgIpc) is 3.22. The van der Waals surface area contributed by atoms with Crippen molar-refractivity contribution in [2.24, 2.45) is 5.92 Å². The number of thioether (sulfide) groups is 1. The summed E-state index contributed by atoms with van der Waals surface area (Å²) >= 11 is 1.36. The maximum Gasteiger partial charge on any atom is 0.233 e. The van der Waals surface area contributed by atoms with Gasteiger partial charge in [0.05, 0.1) is 5.75 Å². The Labute approximate surface area is 204 Å². The van der Waals surface area contributed by atoms with Gasteiger partial charge in [0.2, 0.25) is 11.1 Å². The van der Waals surface area contributed by atoms with Crippen LogP contribution in [-0.2, 0) is 17.6 Å². The van der Waals surface area contributed by atoms with Crippen molar-refractivity contribution in [3.63, 3.8) is 0 Å². The van der Waals surface area contributed by atoms with Crippen LogP contribution in [0.5, 0.6) is 0 Å². The first-order chi connectivity index (χ1) is 16.7. The molecule has 34 heavy (non-hydrogen) atoms. The number of piperidine rings is 1. The molecule has 1 amide bonds. The van der Waals surface area contributed by atoms with Gasteiger partial charge in [-0.3, -0.25) is 4.79 Å². The van der Waals surface area contributed by atoms with Crippen LogP contribution in [0.2, 0.25) is 0 Å². The molecule has 0 radical (unpaired) electrons. The molecule has 0 spiro atoms. The third kappa shape index (κ3) is 5.09. The maximum absolute atomic E-state index is 12.8. The molecule has 0 bridgehead atoms. The molecule has 5 rings (SSSR count). The van der Waals surface area contributed by atoms with Gasteiger partial charge in [0.1, 0.15) is 0 Å². The monoisotopic (exact) mass is 471 g/mol. The molecular formula is C27H29N5OS. The van der Waals surface area contributed by atoms with Crippen LogP contribution in [0.4, 0.5) is 0 Å². The number of nitrogens with two attached hydrogens (primary N) is 1. The van der Waals surface area contributed by atoms with Crippen molar-refractivity contribution in [3.8, 4) is 0 Å². The van der Waals surface area contributed by atoms with E-state index >= 15 is 0 Å². The standard InChI is InChI=1S/C27H29N5OS/c28-32-25(18-23-11-6-10-22-9-4-5-12-24(22)23)29-30-27(32)34-19-26(33)31-15-13-21(14-16-31)17-20-7-2-1-3-8-20/h1-12,21H,13-19,28H2. The summed E-state index contributed by atoms with van der Waals surface area (Å²) in [4.78, 5) is 14.8. The highest BCUT2D eigenvalue weighted by atomic mass is 32.2. The van der Waals surface area contributed by atoms with Gasteiger partial charge in [0.15, 0.2) is 5.82 Å². The Morgan fingerprint density at radius 2 is 1.68 bits per heavy atom. The number of benzene rings is 3. The Balaban J connectivity index is 1.14. The van der Waals surface area contributed by atoms with Gasteiger partial charge in [-0.15, -0.1) is 10.2 Å². The van der Waals surface area contributed by atoms with Gasteiger partial charge < -0.3 is 10.7 Å². The quantitative estimate of drug-likeness (QED) is 0.321. The van der Waals surface area contributed by atoms with Crippen LogP contribution >= 0.6 is 11.8 Å². The van der Waals surface area contributed by atoms with Crippen LogP contribution in [0.15, 0.2) is 78.0 Å². The second-order valence-electron chi connectivity index (χ2n) is 8.89. The summed E-state index contributed by atoms with van der Waals surface area (Å²) in [6.07, 6.45) is 3.78. The number of nitrogens with zero attached hydrogens (tertiary/aromatic N) is 4. The Morgan fingerprint density at radius 3 is 2.50 bits per heavy atom. The molecule has 1 saturated heterocycles. The van der Waals surface area contributed by atoms with Gasteiger partial charge >= 0.3 is 0 Å². The number of likely N-dealkylation sites (tertiary alicyclic amines) is 1. The fraction of sp³-hybridized carbons (Fsp3) is 0.296. The first kappa shape index (κ1) is 22.5. The molecule has 2 heterocycles. The van der Waals surface area contributed by atoms with Crippen LogP contribution < -0.4 is 5.84 Å². The molecule has 1 fully saturated rings. The predicted molar refractivity (Wildman–Crippen MR) is 137 cm³/mol. The lowest BCUT2D eigenvalue weighted by Crippen LogP contribution is -2.39. The van der Waals surface area contributed by atoms with E-state index in [2.05, 4.69) is 64.8 Å². The average molecular weight is 472 g/mol. The summed E-state index contributed by atoms with van der Waals surface area (Å²) in [6, 6.07) is 25.1. The molecule has 1 aromatic heterocycles. The molecular weight excluding hydrogens is 442 g/mol. The highest BCUT2D eigenvalue weighted by Gasteiger charge is 2.23. The summed E-state index contributed by atoms with van der Waals surface area (Å²) < 4.78 is 1.52. The Morgan fingerprint density at radius 1 is 0.941 bits per heavy atom. The summed E-state index contributed by atoms with van der Waals surface area (Å²) in [5.41, 5.74) is 2.53. The molecule has 2 N–H and O–H groups in total. The molecule has 6 nitrogen and oxygen atoms in total. The summed E-state index contributed by atoms with van der Waals surface area (Å²) in [7, 11) is 0. The van der Waals surface area contributed by atoms with Crippen LogP contribution in [-0.4, -0.2) is 44.5 Å². The zero-order valence-corrected chi connectivity index (χ0v) is 20.0. The lowest BCUT2D eigenvalue weighted by atomic mass is 9.90. The molecule has 7 heteroatoms. The Kier molecular flexibility index (Phi) is 6.81. The van der Waals surface area contributed by atoms with E-state index in [0.717, 1.165) is 37.9 Å². The summed E-state index contributed by atoms with van der Waals surface area (Å²) in [6.45, 7) is 1.64. The molecule has 1 aliphatic heterocycles. The fourth-order valence-corrected chi connectivity index (χ4v) is 5.47. The van der Waals surface area contributed by atoms with Crippen molar-refractivity contribution in [1.82, 2.24) is 19.8 Å². The number of carbonyl (C=O) groups excluding carboxylic acids is 1. The minimum atomic E-state index is 0.141. The third-order valence-electron chi connectivity index (χ3n) is 6.62. The second-order valence-corrected chi connectivity index (χ2v) is 9.83. The van der Waals surface area contributed by atoms with E-state index in [4.69, 9.17) is 5.84 Å². The van der Waals surface area contributed by atoms with Crippen LogP contribution in [0, 0.1) is 5.92 Å². The molecule has 174 valence electrons. The van der Waals surface area contributed by atoms with E-state index in [9.17, 15) is 4.79 Å². The number of rotatable bonds is 7. The molecule has 0 unspecified atom stereocenters. The number of hydrogen-bond acceptors (Lipinski definition) is 5. The lowest BCUT2D eigenvalue weighted by molar-refractivity contribution is -0.129. The van der Waals surface area contributed by atoms with Crippen molar-refractivity contribution in [2.75, 3.05) is 24.7 Å². The van der Waals surface area contributed by atoms with Crippen molar-refractivity contribution in [2.45, 2.75) is 30.8 Å². The zero-order valence-electron chi connectivity index (χ0n) is 19.1. The van der Waals surface area contributed by atoms with Gasteiger partial charge in [-0.2, -0.15) is 0 Å². The normalized spacial score (nSPS) is 14.5. The van der Waals surface area contributed by atoms with E-state index in [-0.39, 0.29) is 5.91 Å². The summed E-state index contributed by atoms with van der Waals surface area (Å²) in [5.74, 6) is 8.09. The van der Waals surface area contributed by atoms with Gasteiger partial charge in [-0.25, -0.2) is 4.68 Å². The Bertz CT molecular complexity index is 1260. The van der Waals surface area contributed by atoms with E-state index in [1.54, 1.807) is 0 Å². The first-order valence-corrected chi connectivity index (χ1v) is 12.8. The van der Waals surface area contributed by atoms with Crippen molar-refractivity contribution >= 4 is 28.4 Å². The number of nitrogen functional groups attached to an aromatic ring is 1. The topological polar surface area (TPSA) is 77.0 Å². The van der Waals surface area contributed by atoms with E-state index in [1.807, 2.05) is 23.1 Å². The zero-order chi connectivity index (χ0) is 23.3. The van der Waals surface area contributed by atoms with E-state index in [0.29, 0.717) is 29.1 Å². The third-order valence-corrected chi connectivity index (χ3v) is 7.55. The van der Waals surface area contributed by atoms with Crippen molar-refractivity contribution in [3.05, 3.63) is 89.7 Å². The number of carbonyl (C=O) groups is 1. The number of amides is 1. The molecule has 4 aromatic rings. The minimum absolute atomic E-state index is 0.141. The second kappa shape index (κ2) is 10.3. The molecule has 0 atom stereocenters.